The van der Waals surface area contributed by atoms with Gasteiger partial charge in [0, 0.05) is 22.3 Å². The van der Waals surface area contributed by atoms with E-state index in [0.717, 1.165) is 16.1 Å². The third-order valence-corrected chi connectivity index (χ3v) is 4.18. The van der Waals surface area contributed by atoms with Crippen LogP contribution in [0, 0.1) is 0 Å². The number of fused-ring (bicyclic) bond motifs is 1. The number of hydrogen-bond acceptors (Lipinski definition) is 4. The summed E-state index contributed by atoms with van der Waals surface area (Å²) in [5, 5.41) is 11.9. The van der Waals surface area contributed by atoms with E-state index >= 15 is 0 Å². The summed E-state index contributed by atoms with van der Waals surface area (Å²) >= 11 is 1.43. The number of benzene rings is 2. The van der Waals surface area contributed by atoms with Gasteiger partial charge < -0.3 is 10.4 Å². The number of hydrogen-bond donors (Lipinski definition) is 2. The Hall–Kier alpha value is -2.53. The van der Waals surface area contributed by atoms with Crippen LogP contribution in [-0.4, -0.2) is 16.9 Å². The van der Waals surface area contributed by atoms with Crippen LogP contribution in [0.4, 0.5) is 5.69 Å². The van der Waals surface area contributed by atoms with E-state index in [-0.39, 0.29) is 11.3 Å². The molecule has 1 heterocycles. The Morgan fingerprint density at radius 1 is 1.10 bits per heavy atom. The van der Waals surface area contributed by atoms with Crippen molar-refractivity contribution in [3.05, 3.63) is 70.8 Å². The highest BCUT2D eigenvalue weighted by atomic mass is 32.2. The van der Waals surface area contributed by atoms with Gasteiger partial charge in [-0.3, -0.25) is 4.79 Å². The van der Waals surface area contributed by atoms with E-state index in [1.165, 1.54) is 23.9 Å². The van der Waals surface area contributed by atoms with Crippen molar-refractivity contribution in [2.45, 2.75) is 4.90 Å². The van der Waals surface area contributed by atoms with E-state index in [4.69, 9.17) is 5.11 Å². The predicted molar refractivity (Wildman–Crippen MR) is 81.7 cm³/mol. The monoisotopic (exact) mass is 297 g/mol. The maximum atomic E-state index is 12.2. The first kappa shape index (κ1) is 13.5. The molecular weight excluding hydrogens is 286 g/mol. The van der Waals surface area contributed by atoms with E-state index < -0.39 is 5.97 Å². The van der Waals surface area contributed by atoms with Gasteiger partial charge in [-0.25, -0.2) is 4.79 Å². The number of nitrogens with one attached hydrogen (secondary N) is 1. The summed E-state index contributed by atoms with van der Waals surface area (Å²) in [5.74, 6) is -0.956. The Morgan fingerprint density at radius 3 is 2.48 bits per heavy atom. The number of allylic oxidation sites excluding steroid dienone is 1. The molecule has 0 radical (unpaired) electrons. The maximum absolute atomic E-state index is 12.2. The zero-order valence-electron chi connectivity index (χ0n) is 10.9. The average Bonchev–Trinajstić information content (AvgIpc) is 2.82. The number of anilines is 1. The van der Waals surface area contributed by atoms with Crippen LogP contribution in [0.15, 0.2) is 64.5 Å². The highest BCUT2D eigenvalue weighted by Gasteiger charge is 2.24. The van der Waals surface area contributed by atoms with Gasteiger partial charge in [0.05, 0.1) is 10.5 Å². The van der Waals surface area contributed by atoms with E-state index in [2.05, 4.69) is 5.32 Å². The van der Waals surface area contributed by atoms with Gasteiger partial charge >= 0.3 is 5.97 Å². The lowest BCUT2D eigenvalue weighted by atomic mass is 10.1. The van der Waals surface area contributed by atoms with Crippen molar-refractivity contribution < 1.29 is 14.7 Å². The Balaban J connectivity index is 1.76. The van der Waals surface area contributed by atoms with Crippen LogP contribution in [-0.2, 0) is 0 Å². The number of aromatic carboxylic acids is 1. The lowest BCUT2D eigenvalue weighted by molar-refractivity contribution is 0.0696. The van der Waals surface area contributed by atoms with Gasteiger partial charge in [-0.05, 0) is 36.4 Å². The molecule has 1 aliphatic rings. The zero-order valence-corrected chi connectivity index (χ0v) is 11.7. The third-order valence-electron chi connectivity index (χ3n) is 3.08. The molecule has 2 aromatic carbocycles. The molecule has 0 amide bonds. The van der Waals surface area contributed by atoms with Gasteiger partial charge in [0.25, 0.3) is 0 Å². The Labute approximate surface area is 125 Å². The molecule has 2 N–H and O–H groups in total. The van der Waals surface area contributed by atoms with Gasteiger partial charge in [0.2, 0.25) is 5.78 Å². The predicted octanol–water partition coefficient (Wildman–Crippen LogP) is 3.63. The highest BCUT2D eigenvalue weighted by molar-refractivity contribution is 8.04. The number of carbonyl (C=O) groups excluding carboxylic acids is 1. The molecule has 1 aliphatic heterocycles. The standard InChI is InChI=1S/C16H11NO3S/c18-15-12-3-1-2-4-13(12)21-14(15)9-17-11-7-5-10(6-8-11)16(19)20/h1-9,17H,(H,19,20)/b14-9-. The zero-order chi connectivity index (χ0) is 14.8. The number of rotatable bonds is 3. The molecule has 0 unspecified atom stereocenters. The van der Waals surface area contributed by atoms with Gasteiger partial charge in [-0.1, -0.05) is 23.9 Å². The largest absolute Gasteiger partial charge is 0.478 e. The molecule has 0 fully saturated rings. The second-order valence-corrected chi connectivity index (χ2v) is 5.55. The van der Waals surface area contributed by atoms with Crippen LogP contribution in [0.2, 0.25) is 0 Å². The van der Waals surface area contributed by atoms with Crippen LogP contribution in [0.25, 0.3) is 0 Å². The molecule has 0 aliphatic carbocycles. The highest BCUT2D eigenvalue weighted by Crippen LogP contribution is 2.39. The number of ketones is 1. The van der Waals surface area contributed by atoms with E-state index in [9.17, 15) is 9.59 Å². The topological polar surface area (TPSA) is 66.4 Å². The van der Waals surface area contributed by atoms with Crippen molar-refractivity contribution in [1.82, 2.24) is 0 Å². The lowest BCUT2D eigenvalue weighted by Crippen LogP contribution is -1.98. The van der Waals surface area contributed by atoms with Crippen LogP contribution in [0.5, 0.6) is 0 Å². The Kier molecular flexibility index (Phi) is 3.50. The van der Waals surface area contributed by atoms with E-state index in [0.29, 0.717) is 4.91 Å². The van der Waals surface area contributed by atoms with Crippen molar-refractivity contribution in [1.29, 1.82) is 0 Å². The number of Topliss-reactive ketones (excluding diaryl/α,β-unsaturated/α-hetero) is 1. The molecule has 3 rings (SSSR count). The van der Waals surface area contributed by atoms with Crippen LogP contribution in [0.3, 0.4) is 0 Å². The SMILES string of the molecule is O=C(O)c1ccc(N/C=C2\Sc3ccccc3C2=O)cc1. The first-order chi connectivity index (χ1) is 10.1. The van der Waals surface area contributed by atoms with Gasteiger partial charge in [-0.15, -0.1) is 0 Å². The summed E-state index contributed by atoms with van der Waals surface area (Å²) in [6.07, 6.45) is 1.66. The maximum Gasteiger partial charge on any atom is 0.335 e. The summed E-state index contributed by atoms with van der Waals surface area (Å²) in [7, 11) is 0. The van der Waals surface area contributed by atoms with Crippen LogP contribution < -0.4 is 5.32 Å². The fourth-order valence-electron chi connectivity index (χ4n) is 1.99. The Bertz CT molecular complexity index is 750. The molecule has 5 heteroatoms. The quantitative estimate of drug-likeness (QED) is 0.847. The molecule has 4 nitrogen and oxygen atoms in total. The minimum Gasteiger partial charge on any atom is -0.478 e. The van der Waals surface area contributed by atoms with Gasteiger partial charge in [0.1, 0.15) is 0 Å². The summed E-state index contributed by atoms with van der Waals surface area (Å²) in [5.41, 5.74) is 1.68. The van der Waals surface area contributed by atoms with Crippen molar-refractivity contribution in [2.75, 3.05) is 5.32 Å². The number of thioether (sulfide) groups is 1. The number of carbonyl (C=O) groups is 2. The molecule has 0 saturated carbocycles. The summed E-state index contributed by atoms with van der Waals surface area (Å²) < 4.78 is 0. The molecular formula is C16H11NO3S. The average molecular weight is 297 g/mol. The molecule has 0 saturated heterocycles. The molecule has 2 aromatic rings. The Morgan fingerprint density at radius 2 is 1.81 bits per heavy atom. The molecule has 104 valence electrons. The van der Waals surface area contributed by atoms with Crippen molar-refractivity contribution >= 4 is 29.2 Å². The van der Waals surface area contributed by atoms with Crippen LogP contribution in [0.1, 0.15) is 20.7 Å². The smallest absolute Gasteiger partial charge is 0.335 e. The minimum absolute atomic E-state index is 0.00487. The molecule has 0 spiro atoms. The van der Waals surface area contributed by atoms with Crippen molar-refractivity contribution in [3.63, 3.8) is 0 Å². The van der Waals surface area contributed by atoms with Crippen LogP contribution >= 0.6 is 11.8 Å². The van der Waals surface area contributed by atoms with Crippen molar-refractivity contribution in [3.8, 4) is 0 Å². The first-order valence-corrected chi connectivity index (χ1v) is 7.08. The summed E-state index contributed by atoms with van der Waals surface area (Å²) in [6, 6.07) is 13.8. The van der Waals surface area contributed by atoms with Crippen molar-refractivity contribution in [2.24, 2.45) is 0 Å². The molecule has 0 aromatic heterocycles. The fourth-order valence-corrected chi connectivity index (χ4v) is 2.97. The summed E-state index contributed by atoms with van der Waals surface area (Å²) in [6.45, 7) is 0. The van der Waals surface area contributed by atoms with Gasteiger partial charge in [0.15, 0.2) is 0 Å². The molecule has 21 heavy (non-hydrogen) atoms. The van der Waals surface area contributed by atoms with E-state index in [1.807, 2.05) is 24.3 Å². The minimum atomic E-state index is -0.961. The number of carboxylic acid groups (broad SMARTS) is 1. The third kappa shape index (κ3) is 2.68. The normalized spacial score (nSPS) is 15.0. The fraction of sp³-hybridized carbons (Fsp3) is 0. The lowest BCUT2D eigenvalue weighted by Gasteiger charge is -2.02. The van der Waals surface area contributed by atoms with E-state index in [1.54, 1.807) is 18.3 Å². The molecule has 0 bridgehead atoms. The molecule has 0 atom stereocenters. The number of carboxylic acids is 1. The second kappa shape index (κ2) is 5.46. The second-order valence-electron chi connectivity index (χ2n) is 4.46. The summed E-state index contributed by atoms with van der Waals surface area (Å²) in [4.78, 5) is 24.5. The first-order valence-electron chi connectivity index (χ1n) is 6.27. The van der Waals surface area contributed by atoms with Gasteiger partial charge in [-0.2, -0.15) is 0 Å².